The monoisotopic (exact) mass is 487 g/mol. The van der Waals surface area contributed by atoms with Crippen molar-refractivity contribution in [1.29, 1.82) is 0 Å². The van der Waals surface area contributed by atoms with E-state index in [1.807, 2.05) is 12.1 Å². The lowest BCUT2D eigenvalue weighted by Gasteiger charge is -2.12. The molecular weight excluding hydrogens is 457 g/mol. The summed E-state index contributed by atoms with van der Waals surface area (Å²) in [6.07, 6.45) is 5.57. The Morgan fingerprint density at radius 2 is 2.30 bits per heavy atom. The average Bonchev–Trinajstić information content (AvgIpc) is 3.30. The van der Waals surface area contributed by atoms with Crippen molar-refractivity contribution >= 4 is 35.6 Å². The third-order valence-electron chi connectivity index (χ3n) is 4.49. The van der Waals surface area contributed by atoms with E-state index in [9.17, 15) is 0 Å². The molecule has 0 aliphatic carbocycles. The van der Waals surface area contributed by atoms with Gasteiger partial charge in [0.2, 0.25) is 0 Å². The molecule has 1 saturated heterocycles. The summed E-state index contributed by atoms with van der Waals surface area (Å²) in [6.45, 7) is 5.85. The smallest absolute Gasteiger partial charge is 0.191 e. The lowest BCUT2D eigenvalue weighted by molar-refractivity contribution is 0.0168. The van der Waals surface area contributed by atoms with Crippen molar-refractivity contribution in [3.63, 3.8) is 0 Å². The molecule has 0 aromatic carbocycles. The van der Waals surface area contributed by atoms with E-state index in [1.54, 1.807) is 7.05 Å². The van der Waals surface area contributed by atoms with Crippen LogP contribution in [0, 0.1) is 6.92 Å². The third-order valence-corrected chi connectivity index (χ3v) is 4.49. The van der Waals surface area contributed by atoms with Crippen molar-refractivity contribution < 1.29 is 9.47 Å². The van der Waals surface area contributed by atoms with Gasteiger partial charge in [0.25, 0.3) is 0 Å². The van der Waals surface area contributed by atoms with Crippen LogP contribution in [-0.4, -0.2) is 54.9 Å². The number of halogens is 1. The van der Waals surface area contributed by atoms with Gasteiger partial charge in [-0.1, -0.05) is 6.07 Å². The Bertz CT molecular complexity index is 728. The highest BCUT2D eigenvalue weighted by atomic mass is 127. The molecule has 27 heavy (non-hydrogen) atoms. The predicted molar refractivity (Wildman–Crippen MR) is 118 cm³/mol. The van der Waals surface area contributed by atoms with Gasteiger partial charge in [-0.3, -0.25) is 4.99 Å². The molecule has 1 unspecified atom stereocenters. The zero-order valence-corrected chi connectivity index (χ0v) is 18.4. The van der Waals surface area contributed by atoms with Crippen LogP contribution in [0.25, 0.3) is 5.65 Å². The van der Waals surface area contributed by atoms with E-state index < -0.39 is 0 Å². The molecule has 1 atom stereocenters. The normalized spacial score (nSPS) is 17.1. The van der Waals surface area contributed by atoms with Gasteiger partial charge < -0.3 is 24.5 Å². The molecule has 0 amide bonds. The molecule has 7 nitrogen and oxygen atoms in total. The fourth-order valence-corrected chi connectivity index (χ4v) is 3.05. The van der Waals surface area contributed by atoms with Crippen molar-refractivity contribution in [2.45, 2.75) is 38.8 Å². The molecule has 3 rings (SSSR count). The number of hydrogen-bond donors (Lipinski definition) is 2. The van der Waals surface area contributed by atoms with Gasteiger partial charge in [0.15, 0.2) is 5.96 Å². The van der Waals surface area contributed by atoms with E-state index in [0.717, 1.165) is 56.3 Å². The van der Waals surface area contributed by atoms with E-state index in [1.165, 1.54) is 5.69 Å². The Morgan fingerprint density at radius 3 is 3.04 bits per heavy atom. The van der Waals surface area contributed by atoms with Crippen LogP contribution in [0.4, 0.5) is 0 Å². The summed E-state index contributed by atoms with van der Waals surface area (Å²) in [4.78, 5) is 8.88. The summed E-state index contributed by atoms with van der Waals surface area (Å²) in [7, 11) is 1.77. The minimum absolute atomic E-state index is 0. The van der Waals surface area contributed by atoms with E-state index in [-0.39, 0.29) is 24.0 Å². The Balaban J connectivity index is 0.00000261. The van der Waals surface area contributed by atoms with Gasteiger partial charge in [-0.2, -0.15) is 0 Å². The van der Waals surface area contributed by atoms with Crippen LogP contribution in [0.3, 0.4) is 0 Å². The number of rotatable bonds is 8. The first-order valence-electron chi connectivity index (χ1n) is 9.34. The summed E-state index contributed by atoms with van der Waals surface area (Å²) in [5.41, 5.74) is 3.13. The van der Waals surface area contributed by atoms with E-state index in [0.29, 0.717) is 19.3 Å². The van der Waals surface area contributed by atoms with Gasteiger partial charge in [-0.15, -0.1) is 24.0 Å². The summed E-state index contributed by atoms with van der Waals surface area (Å²) < 4.78 is 13.3. The maximum absolute atomic E-state index is 5.67. The fourth-order valence-electron chi connectivity index (χ4n) is 3.05. The first kappa shape index (κ1) is 21.9. The molecule has 150 valence electrons. The molecule has 3 heterocycles. The topological polar surface area (TPSA) is 72.2 Å². The summed E-state index contributed by atoms with van der Waals surface area (Å²) >= 11 is 0. The standard InChI is InChI=1S/C19H29N5O2.HI/c1-15-6-3-8-18-23-16(13-24(15)18)12-22-19(20-2)21-9-5-10-25-14-17-7-4-11-26-17;/h3,6,8,13,17H,4-5,7,9-12,14H2,1-2H3,(H2,20,21,22);1H. The SMILES string of the molecule is CN=C(NCCCOCC1CCCO1)NCc1cn2c(C)cccc2n1.I. The van der Waals surface area contributed by atoms with Gasteiger partial charge in [0.05, 0.1) is 24.9 Å². The van der Waals surface area contributed by atoms with Gasteiger partial charge in [0.1, 0.15) is 5.65 Å². The number of ether oxygens (including phenoxy) is 2. The fraction of sp³-hybridized carbons (Fsp3) is 0.579. The van der Waals surface area contributed by atoms with Crippen LogP contribution >= 0.6 is 24.0 Å². The van der Waals surface area contributed by atoms with Gasteiger partial charge in [-0.25, -0.2) is 4.98 Å². The second kappa shape index (κ2) is 11.5. The molecular formula is C19H30IN5O2. The predicted octanol–water partition coefficient (Wildman–Crippen LogP) is 2.51. The van der Waals surface area contributed by atoms with Crippen LogP contribution in [0.15, 0.2) is 29.4 Å². The van der Waals surface area contributed by atoms with Crippen molar-refractivity contribution in [2.24, 2.45) is 4.99 Å². The molecule has 2 aromatic rings. The summed E-state index contributed by atoms with van der Waals surface area (Å²) in [6, 6.07) is 6.11. The molecule has 1 aliphatic rings. The van der Waals surface area contributed by atoms with Crippen LogP contribution < -0.4 is 10.6 Å². The van der Waals surface area contributed by atoms with Crippen LogP contribution in [0.1, 0.15) is 30.7 Å². The highest BCUT2D eigenvalue weighted by Gasteiger charge is 2.14. The minimum atomic E-state index is 0. The minimum Gasteiger partial charge on any atom is -0.379 e. The zero-order chi connectivity index (χ0) is 18.2. The zero-order valence-electron chi connectivity index (χ0n) is 16.1. The summed E-state index contributed by atoms with van der Waals surface area (Å²) in [5, 5.41) is 6.61. The van der Waals surface area contributed by atoms with Crippen LogP contribution in [-0.2, 0) is 16.0 Å². The second-order valence-corrected chi connectivity index (χ2v) is 6.54. The first-order chi connectivity index (χ1) is 12.8. The maximum Gasteiger partial charge on any atom is 0.191 e. The van der Waals surface area contributed by atoms with Crippen LogP contribution in [0.2, 0.25) is 0 Å². The second-order valence-electron chi connectivity index (χ2n) is 6.54. The number of aliphatic imine (C=N–C) groups is 1. The van der Waals surface area contributed by atoms with Crippen molar-refractivity contribution in [3.8, 4) is 0 Å². The Labute approximate surface area is 178 Å². The number of nitrogens with zero attached hydrogens (tertiary/aromatic N) is 3. The van der Waals surface area contributed by atoms with Gasteiger partial charge in [-0.05, 0) is 38.3 Å². The van der Waals surface area contributed by atoms with E-state index in [4.69, 9.17) is 9.47 Å². The Kier molecular flexibility index (Phi) is 9.29. The number of aromatic nitrogens is 2. The Morgan fingerprint density at radius 1 is 1.41 bits per heavy atom. The average molecular weight is 487 g/mol. The molecule has 1 fully saturated rings. The number of pyridine rings is 1. The quantitative estimate of drug-likeness (QED) is 0.259. The molecule has 0 bridgehead atoms. The number of aryl methyl sites for hydroxylation is 1. The van der Waals surface area contributed by atoms with E-state index >= 15 is 0 Å². The molecule has 0 spiro atoms. The third kappa shape index (κ3) is 6.62. The van der Waals surface area contributed by atoms with Crippen molar-refractivity contribution in [1.82, 2.24) is 20.0 Å². The molecule has 0 radical (unpaired) electrons. The molecule has 2 aromatic heterocycles. The Hall–Kier alpha value is -1.39. The highest BCUT2D eigenvalue weighted by Crippen LogP contribution is 2.11. The summed E-state index contributed by atoms with van der Waals surface area (Å²) in [5.74, 6) is 0.776. The number of fused-ring (bicyclic) bond motifs is 1. The number of nitrogens with one attached hydrogen (secondary N) is 2. The van der Waals surface area contributed by atoms with Gasteiger partial charge >= 0.3 is 0 Å². The molecule has 8 heteroatoms. The highest BCUT2D eigenvalue weighted by molar-refractivity contribution is 14.0. The number of hydrogen-bond acceptors (Lipinski definition) is 4. The van der Waals surface area contributed by atoms with Gasteiger partial charge in [0, 0.05) is 38.7 Å². The van der Waals surface area contributed by atoms with Crippen molar-refractivity contribution in [2.75, 3.05) is 33.4 Å². The maximum atomic E-state index is 5.67. The molecule has 1 aliphatic heterocycles. The first-order valence-corrected chi connectivity index (χ1v) is 9.34. The lowest BCUT2D eigenvalue weighted by atomic mass is 10.2. The van der Waals surface area contributed by atoms with E-state index in [2.05, 4.69) is 44.2 Å². The largest absolute Gasteiger partial charge is 0.379 e. The van der Waals surface area contributed by atoms with Crippen LogP contribution in [0.5, 0.6) is 0 Å². The lowest BCUT2D eigenvalue weighted by Crippen LogP contribution is -2.37. The van der Waals surface area contributed by atoms with Crippen molar-refractivity contribution in [3.05, 3.63) is 35.8 Å². The number of imidazole rings is 1. The number of guanidine groups is 1. The molecule has 2 N–H and O–H groups in total. The molecule has 0 saturated carbocycles.